The molecule has 0 saturated heterocycles. The quantitative estimate of drug-likeness (QED) is 0.728. The molecule has 0 aliphatic rings. The van der Waals surface area contributed by atoms with Crippen LogP contribution in [0.2, 0.25) is 5.02 Å². The van der Waals surface area contributed by atoms with Gasteiger partial charge in [0.05, 0.1) is 11.2 Å². The summed E-state index contributed by atoms with van der Waals surface area (Å²) in [6.07, 6.45) is 1.62. The van der Waals surface area contributed by atoms with Crippen molar-refractivity contribution in [2.24, 2.45) is 0 Å². The van der Waals surface area contributed by atoms with Gasteiger partial charge >= 0.3 is 0 Å². The Labute approximate surface area is 134 Å². The molecule has 0 radical (unpaired) electrons. The van der Waals surface area contributed by atoms with Gasteiger partial charge in [0, 0.05) is 11.0 Å². The van der Waals surface area contributed by atoms with Crippen LogP contribution in [0.25, 0.3) is 11.0 Å². The number of ether oxygens (including phenoxy) is 1. The molecule has 3 aromatic rings. The summed E-state index contributed by atoms with van der Waals surface area (Å²) in [4.78, 5) is 8.66. The zero-order valence-electron chi connectivity index (χ0n) is 11.0. The molecular formula is C13H11BrClN5O. The van der Waals surface area contributed by atoms with Gasteiger partial charge in [-0.1, -0.05) is 27.5 Å². The van der Waals surface area contributed by atoms with Gasteiger partial charge in [0.25, 0.3) is 0 Å². The molecule has 0 amide bonds. The Morgan fingerprint density at radius 3 is 3.05 bits per heavy atom. The van der Waals surface area contributed by atoms with Crippen LogP contribution in [-0.4, -0.2) is 26.7 Å². The third kappa shape index (κ3) is 2.93. The lowest BCUT2D eigenvalue weighted by Gasteiger charge is -2.09. The van der Waals surface area contributed by atoms with Gasteiger partial charge in [-0.2, -0.15) is 15.1 Å². The molecular weight excluding hydrogens is 358 g/mol. The van der Waals surface area contributed by atoms with Crippen LogP contribution in [0.15, 0.2) is 28.9 Å². The molecule has 0 spiro atoms. The van der Waals surface area contributed by atoms with E-state index in [1.165, 1.54) is 0 Å². The van der Waals surface area contributed by atoms with Gasteiger partial charge in [0.15, 0.2) is 5.65 Å². The lowest BCUT2D eigenvalue weighted by molar-refractivity contribution is 0.469. The van der Waals surface area contributed by atoms with Crippen LogP contribution >= 0.6 is 27.5 Å². The average molecular weight is 369 g/mol. The van der Waals surface area contributed by atoms with Crippen LogP contribution in [0, 0.1) is 0 Å². The van der Waals surface area contributed by atoms with E-state index in [1.807, 2.05) is 13.0 Å². The highest BCUT2D eigenvalue weighted by Gasteiger charge is 2.13. The van der Waals surface area contributed by atoms with Gasteiger partial charge < -0.3 is 10.1 Å². The van der Waals surface area contributed by atoms with E-state index in [0.29, 0.717) is 40.2 Å². The van der Waals surface area contributed by atoms with E-state index in [9.17, 15) is 0 Å². The Balaban J connectivity index is 2.06. The predicted octanol–water partition coefficient (Wildman–Crippen LogP) is 3.99. The lowest BCUT2D eigenvalue weighted by atomic mass is 10.3. The molecule has 0 unspecified atom stereocenters. The standard InChI is InChI=1S/C13H11BrClN5O/c1-2-16-13-18-11-8(6-17-20-11)12(19-13)21-10-5-7(14)3-4-9(10)15/h3-6H,2H2,1H3,(H2,16,17,18,19,20). The summed E-state index contributed by atoms with van der Waals surface area (Å²) in [5.74, 6) is 1.37. The first kappa shape index (κ1) is 14.1. The van der Waals surface area contributed by atoms with Gasteiger partial charge in [-0.15, -0.1) is 0 Å². The van der Waals surface area contributed by atoms with Crippen molar-refractivity contribution in [2.45, 2.75) is 6.92 Å². The minimum absolute atomic E-state index is 0.393. The second-order valence-electron chi connectivity index (χ2n) is 4.19. The van der Waals surface area contributed by atoms with Crippen molar-refractivity contribution in [1.29, 1.82) is 0 Å². The van der Waals surface area contributed by atoms with E-state index < -0.39 is 0 Å². The van der Waals surface area contributed by atoms with Crippen LogP contribution in [0.5, 0.6) is 11.6 Å². The Hall–Kier alpha value is -1.86. The number of hydrogen-bond acceptors (Lipinski definition) is 5. The van der Waals surface area contributed by atoms with E-state index in [4.69, 9.17) is 16.3 Å². The summed E-state index contributed by atoms with van der Waals surface area (Å²) >= 11 is 9.53. The second kappa shape index (κ2) is 5.87. The fourth-order valence-corrected chi connectivity index (χ4v) is 2.28. The highest BCUT2D eigenvalue weighted by molar-refractivity contribution is 9.10. The molecule has 0 fully saturated rings. The lowest BCUT2D eigenvalue weighted by Crippen LogP contribution is -2.03. The maximum absolute atomic E-state index is 6.14. The van der Waals surface area contributed by atoms with Crippen LogP contribution in [0.1, 0.15) is 6.92 Å². The third-order valence-electron chi connectivity index (χ3n) is 2.71. The number of aromatic amines is 1. The smallest absolute Gasteiger partial charge is 0.235 e. The summed E-state index contributed by atoms with van der Waals surface area (Å²) in [6, 6.07) is 5.37. The Kier molecular flexibility index (Phi) is 3.94. The number of aromatic nitrogens is 4. The van der Waals surface area contributed by atoms with E-state index in [-0.39, 0.29) is 0 Å². The Bertz CT molecular complexity index is 791. The molecule has 0 atom stereocenters. The SMILES string of the molecule is CCNc1nc(Oc2cc(Br)ccc2Cl)c2cn[nH]c2n1. The third-order valence-corrected chi connectivity index (χ3v) is 3.52. The zero-order valence-corrected chi connectivity index (χ0v) is 13.4. The number of fused-ring (bicyclic) bond motifs is 1. The van der Waals surface area contributed by atoms with Crippen LogP contribution in [0.4, 0.5) is 5.95 Å². The van der Waals surface area contributed by atoms with Gasteiger partial charge in [0.2, 0.25) is 11.8 Å². The van der Waals surface area contributed by atoms with E-state index >= 15 is 0 Å². The fraction of sp³-hybridized carbons (Fsp3) is 0.154. The maximum atomic E-state index is 6.14. The summed E-state index contributed by atoms with van der Waals surface area (Å²) in [5.41, 5.74) is 0.599. The Morgan fingerprint density at radius 2 is 2.24 bits per heavy atom. The maximum Gasteiger partial charge on any atom is 0.235 e. The molecule has 0 bridgehead atoms. The fourth-order valence-electron chi connectivity index (χ4n) is 1.78. The monoisotopic (exact) mass is 367 g/mol. The first-order chi connectivity index (χ1) is 10.2. The molecule has 3 rings (SSSR count). The second-order valence-corrected chi connectivity index (χ2v) is 5.51. The van der Waals surface area contributed by atoms with Crippen molar-refractivity contribution in [1.82, 2.24) is 20.2 Å². The molecule has 108 valence electrons. The first-order valence-electron chi connectivity index (χ1n) is 6.25. The summed E-state index contributed by atoms with van der Waals surface area (Å²) in [5, 5.41) is 11.0. The summed E-state index contributed by atoms with van der Waals surface area (Å²) < 4.78 is 6.70. The van der Waals surface area contributed by atoms with E-state index in [2.05, 4.69) is 41.4 Å². The highest BCUT2D eigenvalue weighted by atomic mass is 79.9. The van der Waals surface area contributed by atoms with Crippen LogP contribution in [0.3, 0.4) is 0 Å². The molecule has 2 heterocycles. The van der Waals surface area contributed by atoms with Crippen molar-refractivity contribution in [2.75, 3.05) is 11.9 Å². The molecule has 6 nitrogen and oxygen atoms in total. The molecule has 21 heavy (non-hydrogen) atoms. The average Bonchev–Trinajstić information content (AvgIpc) is 2.92. The van der Waals surface area contributed by atoms with Crippen molar-refractivity contribution in [3.63, 3.8) is 0 Å². The zero-order chi connectivity index (χ0) is 14.8. The van der Waals surface area contributed by atoms with Crippen molar-refractivity contribution in [3.05, 3.63) is 33.9 Å². The van der Waals surface area contributed by atoms with Crippen molar-refractivity contribution < 1.29 is 4.74 Å². The minimum atomic E-state index is 0.393. The molecule has 8 heteroatoms. The Morgan fingerprint density at radius 1 is 1.38 bits per heavy atom. The predicted molar refractivity (Wildman–Crippen MR) is 85.1 cm³/mol. The summed E-state index contributed by atoms with van der Waals surface area (Å²) in [6.45, 7) is 2.67. The number of nitrogens with one attached hydrogen (secondary N) is 2. The molecule has 0 aliphatic heterocycles. The molecule has 0 saturated carbocycles. The number of hydrogen-bond donors (Lipinski definition) is 2. The normalized spacial score (nSPS) is 10.8. The van der Waals surface area contributed by atoms with Crippen LogP contribution in [-0.2, 0) is 0 Å². The number of anilines is 1. The number of H-pyrrole nitrogens is 1. The molecule has 0 aliphatic carbocycles. The van der Waals surface area contributed by atoms with E-state index in [0.717, 1.165) is 4.47 Å². The van der Waals surface area contributed by atoms with Gasteiger partial charge in [-0.05, 0) is 25.1 Å². The number of benzene rings is 1. The summed E-state index contributed by atoms with van der Waals surface area (Å²) in [7, 11) is 0. The number of halogens is 2. The minimum Gasteiger partial charge on any atom is -0.436 e. The largest absolute Gasteiger partial charge is 0.436 e. The molecule has 1 aromatic carbocycles. The molecule has 2 aromatic heterocycles. The number of nitrogens with zero attached hydrogens (tertiary/aromatic N) is 3. The van der Waals surface area contributed by atoms with Crippen LogP contribution < -0.4 is 10.1 Å². The number of rotatable bonds is 4. The highest BCUT2D eigenvalue weighted by Crippen LogP contribution is 2.34. The van der Waals surface area contributed by atoms with Gasteiger partial charge in [0.1, 0.15) is 11.1 Å². The van der Waals surface area contributed by atoms with Gasteiger partial charge in [-0.25, -0.2) is 0 Å². The molecule has 2 N–H and O–H groups in total. The van der Waals surface area contributed by atoms with Gasteiger partial charge in [-0.3, -0.25) is 5.10 Å². The van der Waals surface area contributed by atoms with E-state index in [1.54, 1.807) is 18.3 Å². The van der Waals surface area contributed by atoms with Crippen molar-refractivity contribution in [3.8, 4) is 11.6 Å². The van der Waals surface area contributed by atoms with Crippen molar-refractivity contribution >= 4 is 44.5 Å². The topological polar surface area (TPSA) is 75.7 Å². The first-order valence-corrected chi connectivity index (χ1v) is 7.42.